The summed E-state index contributed by atoms with van der Waals surface area (Å²) in [5.41, 5.74) is 2.42. The van der Waals surface area contributed by atoms with Gasteiger partial charge in [-0.2, -0.15) is 0 Å². The van der Waals surface area contributed by atoms with Gasteiger partial charge in [0.1, 0.15) is 0 Å². The monoisotopic (exact) mass is 301 g/mol. The minimum atomic E-state index is 0.0587. The molecular formula is C18H23NOS. The second kappa shape index (κ2) is 7.41. The Hall–Kier alpha value is -1.61. The first-order valence-corrected chi connectivity index (χ1v) is 8.41. The van der Waals surface area contributed by atoms with E-state index < -0.39 is 0 Å². The number of carbonyl (C=O) groups excluding carboxylic acids is 1. The topological polar surface area (TPSA) is 29.1 Å². The standard InChI is InChI=1S/C18H23NOS/c1-4-14-10-11-21-17(14)18(20)19-12-16(13(2)3)15-8-6-5-7-9-15/h5-11,13,16H,4,12H2,1-3H3,(H,19,20). The molecule has 0 spiro atoms. The lowest BCUT2D eigenvalue weighted by Gasteiger charge is -2.21. The van der Waals surface area contributed by atoms with Crippen LogP contribution in [0.2, 0.25) is 0 Å². The second-order valence-corrected chi connectivity index (χ2v) is 6.52. The molecule has 21 heavy (non-hydrogen) atoms. The van der Waals surface area contributed by atoms with Gasteiger partial charge in [-0.15, -0.1) is 11.3 Å². The highest BCUT2D eigenvalue weighted by atomic mass is 32.1. The van der Waals surface area contributed by atoms with Gasteiger partial charge in [0.25, 0.3) is 5.91 Å². The number of hydrogen-bond acceptors (Lipinski definition) is 2. The van der Waals surface area contributed by atoms with E-state index in [1.54, 1.807) is 0 Å². The summed E-state index contributed by atoms with van der Waals surface area (Å²) in [4.78, 5) is 13.2. The molecular weight excluding hydrogens is 278 g/mol. The zero-order chi connectivity index (χ0) is 15.2. The Bertz CT molecular complexity index is 574. The number of thiophene rings is 1. The molecule has 0 aliphatic rings. The maximum absolute atomic E-state index is 12.3. The van der Waals surface area contributed by atoms with Crippen molar-refractivity contribution in [3.8, 4) is 0 Å². The van der Waals surface area contributed by atoms with E-state index in [-0.39, 0.29) is 5.91 Å². The van der Waals surface area contributed by atoms with Gasteiger partial charge in [-0.25, -0.2) is 0 Å². The molecule has 2 aromatic rings. The normalized spacial score (nSPS) is 12.4. The smallest absolute Gasteiger partial charge is 0.261 e. The fourth-order valence-electron chi connectivity index (χ4n) is 2.53. The van der Waals surface area contributed by atoms with Crippen molar-refractivity contribution in [2.75, 3.05) is 6.54 Å². The summed E-state index contributed by atoms with van der Waals surface area (Å²) < 4.78 is 0. The summed E-state index contributed by atoms with van der Waals surface area (Å²) in [6.07, 6.45) is 0.901. The number of benzene rings is 1. The van der Waals surface area contributed by atoms with E-state index in [0.29, 0.717) is 18.4 Å². The van der Waals surface area contributed by atoms with Crippen LogP contribution in [0.1, 0.15) is 47.5 Å². The molecule has 0 saturated heterocycles. The van der Waals surface area contributed by atoms with Crippen molar-refractivity contribution in [3.63, 3.8) is 0 Å². The molecule has 0 saturated carbocycles. The first-order valence-electron chi connectivity index (χ1n) is 7.53. The molecule has 112 valence electrons. The molecule has 1 amide bonds. The number of carbonyl (C=O) groups is 1. The maximum Gasteiger partial charge on any atom is 0.261 e. The highest BCUT2D eigenvalue weighted by Gasteiger charge is 2.18. The van der Waals surface area contributed by atoms with Crippen LogP contribution in [0.25, 0.3) is 0 Å². The molecule has 1 heterocycles. The Kier molecular flexibility index (Phi) is 5.57. The lowest BCUT2D eigenvalue weighted by Crippen LogP contribution is -2.30. The summed E-state index contributed by atoms with van der Waals surface area (Å²) in [6.45, 7) is 7.17. The Morgan fingerprint density at radius 3 is 2.52 bits per heavy atom. The highest BCUT2D eigenvalue weighted by molar-refractivity contribution is 7.12. The zero-order valence-electron chi connectivity index (χ0n) is 12.9. The molecule has 0 aliphatic carbocycles. The molecule has 1 N–H and O–H groups in total. The van der Waals surface area contributed by atoms with Crippen LogP contribution in [0.4, 0.5) is 0 Å². The predicted octanol–water partition coefficient (Wildman–Crippen LogP) is 4.48. The van der Waals surface area contributed by atoms with Crippen molar-refractivity contribution in [2.24, 2.45) is 5.92 Å². The van der Waals surface area contributed by atoms with Crippen molar-refractivity contribution in [1.82, 2.24) is 5.32 Å². The van der Waals surface area contributed by atoms with Crippen molar-refractivity contribution >= 4 is 17.2 Å². The third-order valence-corrected chi connectivity index (χ3v) is 4.80. The average Bonchev–Trinajstić information content (AvgIpc) is 2.96. The van der Waals surface area contributed by atoms with Gasteiger partial charge in [-0.3, -0.25) is 4.79 Å². The fourth-order valence-corrected chi connectivity index (χ4v) is 3.45. The second-order valence-electron chi connectivity index (χ2n) is 5.60. The summed E-state index contributed by atoms with van der Waals surface area (Å²) in [5.74, 6) is 0.894. The molecule has 1 aromatic heterocycles. The van der Waals surface area contributed by atoms with Crippen LogP contribution in [0.5, 0.6) is 0 Å². The molecule has 0 radical (unpaired) electrons. The van der Waals surface area contributed by atoms with Crippen LogP contribution in [0, 0.1) is 5.92 Å². The van der Waals surface area contributed by atoms with E-state index in [4.69, 9.17) is 0 Å². The van der Waals surface area contributed by atoms with Gasteiger partial charge < -0.3 is 5.32 Å². The number of amides is 1. The van der Waals surface area contributed by atoms with Crippen molar-refractivity contribution in [1.29, 1.82) is 0 Å². The van der Waals surface area contributed by atoms with Gasteiger partial charge in [-0.1, -0.05) is 51.1 Å². The molecule has 1 aromatic carbocycles. The van der Waals surface area contributed by atoms with Gasteiger partial charge in [0, 0.05) is 12.5 Å². The first kappa shape index (κ1) is 15.8. The van der Waals surface area contributed by atoms with Gasteiger partial charge >= 0.3 is 0 Å². The summed E-state index contributed by atoms with van der Waals surface area (Å²) >= 11 is 1.53. The SMILES string of the molecule is CCc1ccsc1C(=O)NCC(c1ccccc1)C(C)C. The lowest BCUT2D eigenvalue weighted by atomic mass is 9.88. The number of hydrogen-bond donors (Lipinski definition) is 1. The van der Waals surface area contributed by atoms with Gasteiger partial charge in [0.2, 0.25) is 0 Å². The molecule has 0 aliphatic heterocycles. The van der Waals surface area contributed by atoms with Crippen LogP contribution in [0.3, 0.4) is 0 Å². The van der Waals surface area contributed by atoms with Gasteiger partial charge in [0.05, 0.1) is 4.88 Å². The molecule has 1 atom stereocenters. The molecule has 0 fully saturated rings. The zero-order valence-corrected chi connectivity index (χ0v) is 13.7. The van der Waals surface area contributed by atoms with Crippen LogP contribution < -0.4 is 5.32 Å². The van der Waals surface area contributed by atoms with E-state index in [1.807, 2.05) is 17.5 Å². The quantitative estimate of drug-likeness (QED) is 0.837. The van der Waals surface area contributed by atoms with Crippen LogP contribution >= 0.6 is 11.3 Å². The lowest BCUT2D eigenvalue weighted by molar-refractivity contribution is 0.0952. The maximum atomic E-state index is 12.3. The van der Waals surface area contributed by atoms with Crippen LogP contribution in [-0.4, -0.2) is 12.5 Å². The number of aryl methyl sites for hydroxylation is 1. The van der Waals surface area contributed by atoms with Crippen LogP contribution in [0.15, 0.2) is 41.8 Å². The highest BCUT2D eigenvalue weighted by Crippen LogP contribution is 2.24. The minimum Gasteiger partial charge on any atom is -0.351 e. The summed E-state index contributed by atoms with van der Waals surface area (Å²) in [7, 11) is 0. The Labute approximate surface area is 131 Å². The molecule has 1 unspecified atom stereocenters. The van der Waals surface area contributed by atoms with Crippen molar-refractivity contribution in [2.45, 2.75) is 33.1 Å². The first-order chi connectivity index (χ1) is 10.1. The van der Waals surface area contributed by atoms with E-state index in [2.05, 4.69) is 50.4 Å². The largest absolute Gasteiger partial charge is 0.351 e. The van der Waals surface area contributed by atoms with Crippen molar-refractivity contribution in [3.05, 3.63) is 57.8 Å². The van der Waals surface area contributed by atoms with E-state index in [9.17, 15) is 4.79 Å². The molecule has 3 heteroatoms. The van der Waals surface area contributed by atoms with E-state index in [1.165, 1.54) is 16.9 Å². The Balaban J connectivity index is 2.04. The average molecular weight is 301 g/mol. The summed E-state index contributed by atoms with van der Waals surface area (Å²) in [5, 5.41) is 5.10. The predicted molar refractivity (Wildman–Crippen MR) is 90.1 cm³/mol. The third-order valence-electron chi connectivity index (χ3n) is 3.85. The molecule has 0 bridgehead atoms. The number of rotatable bonds is 6. The Morgan fingerprint density at radius 1 is 1.19 bits per heavy atom. The van der Waals surface area contributed by atoms with Gasteiger partial charge in [-0.05, 0) is 34.9 Å². The van der Waals surface area contributed by atoms with E-state index in [0.717, 1.165) is 16.9 Å². The van der Waals surface area contributed by atoms with Crippen molar-refractivity contribution < 1.29 is 4.79 Å². The molecule has 2 nitrogen and oxygen atoms in total. The Morgan fingerprint density at radius 2 is 1.90 bits per heavy atom. The molecule has 2 rings (SSSR count). The minimum absolute atomic E-state index is 0.0587. The summed E-state index contributed by atoms with van der Waals surface area (Å²) in [6, 6.07) is 12.5. The third kappa shape index (κ3) is 3.94. The number of nitrogens with one attached hydrogen (secondary N) is 1. The van der Waals surface area contributed by atoms with E-state index >= 15 is 0 Å². The fraction of sp³-hybridized carbons (Fsp3) is 0.389. The van der Waals surface area contributed by atoms with Gasteiger partial charge in [0.15, 0.2) is 0 Å². The van der Waals surface area contributed by atoms with Crippen LogP contribution in [-0.2, 0) is 6.42 Å².